The lowest BCUT2D eigenvalue weighted by molar-refractivity contribution is 0.290. The summed E-state index contributed by atoms with van der Waals surface area (Å²) in [7, 11) is 1.63. The molecule has 1 rings (SSSR count). The average molecular weight is 212 g/mol. The van der Waals surface area contributed by atoms with Crippen molar-refractivity contribution in [2.24, 2.45) is 15.9 Å². The maximum atomic E-state index is 5.51. The maximum absolute atomic E-state index is 5.51. The molecule has 4 heteroatoms. The second kappa shape index (κ2) is 5.14. The van der Waals surface area contributed by atoms with Crippen molar-refractivity contribution < 1.29 is 9.47 Å². The van der Waals surface area contributed by atoms with Gasteiger partial charge in [-0.3, -0.25) is 0 Å². The molecule has 0 aromatic heterocycles. The molecule has 1 aliphatic heterocycles. The molecule has 1 aliphatic rings. The zero-order valence-electron chi connectivity index (χ0n) is 10.2. The molecule has 1 heterocycles. The fourth-order valence-electron chi connectivity index (χ4n) is 1.55. The van der Waals surface area contributed by atoms with Gasteiger partial charge in [-0.2, -0.15) is 0 Å². The lowest BCUT2D eigenvalue weighted by Crippen LogP contribution is -2.36. The summed E-state index contributed by atoms with van der Waals surface area (Å²) in [6, 6.07) is -0.0392. The Bertz CT molecular complexity index is 272. The number of ether oxygens (including phenoxy) is 2. The van der Waals surface area contributed by atoms with Gasteiger partial charge in [0.15, 0.2) is 0 Å². The topological polar surface area (TPSA) is 43.2 Å². The number of hydrogen-bond donors (Lipinski definition) is 0. The van der Waals surface area contributed by atoms with E-state index in [0.29, 0.717) is 18.4 Å². The van der Waals surface area contributed by atoms with E-state index in [1.807, 2.05) is 13.8 Å². The van der Waals surface area contributed by atoms with Crippen LogP contribution in [0.1, 0.15) is 27.7 Å². The van der Waals surface area contributed by atoms with Crippen LogP contribution in [0.3, 0.4) is 0 Å². The third-order valence-corrected chi connectivity index (χ3v) is 2.33. The van der Waals surface area contributed by atoms with Gasteiger partial charge in [0.05, 0.1) is 13.7 Å². The van der Waals surface area contributed by atoms with Gasteiger partial charge in [0.2, 0.25) is 11.8 Å². The molecule has 0 amide bonds. The molecule has 0 fully saturated rings. The van der Waals surface area contributed by atoms with Crippen molar-refractivity contribution in [1.29, 1.82) is 0 Å². The molecule has 86 valence electrons. The lowest BCUT2D eigenvalue weighted by Gasteiger charge is -2.26. The Balaban J connectivity index is 2.88. The van der Waals surface area contributed by atoms with E-state index < -0.39 is 0 Å². The van der Waals surface area contributed by atoms with E-state index in [0.717, 1.165) is 5.90 Å². The Morgan fingerprint density at radius 1 is 1.27 bits per heavy atom. The molecule has 4 nitrogen and oxygen atoms in total. The average Bonchev–Trinajstić information content (AvgIpc) is 2.18. The fraction of sp³-hybridized carbons (Fsp3) is 0.818. The van der Waals surface area contributed by atoms with E-state index in [2.05, 4.69) is 23.8 Å². The number of rotatable bonds is 2. The second-order valence-electron chi connectivity index (χ2n) is 3.94. The molecule has 2 unspecified atom stereocenters. The zero-order chi connectivity index (χ0) is 11.4. The minimum Gasteiger partial charge on any atom is -0.483 e. The minimum atomic E-state index is -0.0356. The number of methoxy groups -OCH3 is 1. The number of nitrogens with zero attached hydrogens (tertiary/aromatic N) is 2. The van der Waals surface area contributed by atoms with Crippen LogP contribution in [0.4, 0.5) is 0 Å². The van der Waals surface area contributed by atoms with Gasteiger partial charge < -0.3 is 9.47 Å². The lowest BCUT2D eigenvalue weighted by atomic mass is 10.0. The summed E-state index contributed by atoms with van der Waals surface area (Å²) in [5, 5.41) is 0. The van der Waals surface area contributed by atoms with Crippen LogP contribution in [0.5, 0.6) is 0 Å². The standard InChI is InChI=1S/C11H20N2O2/c1-6-15-11-9(7(2)3)13-10(14-5)8(4)12-11/h7-9H,6H2,1-5H3. The van der Waals surface area contributed by atoms with Crippen LogP contribution < -0.4 is 0 Å². The molecular weight excluding hydrogens is 192 g/mol. The van der Waals surface area contributed by atoms with Gasteiger partial charge in [-0.1, -0.05) is 13.8 Å². The van der Waals surface area contributed by atoms with Crippen LogP contribution in [-0.2, 0) is 9.47 Å². The quantitative estimate of drug-likeness (QED) is 0.701. The molecule has 2 atom stereocenters. The predicted molar refractivity (Wildman–Crippen MR) is 61.6 cm³/mol. The molecule has 0 aliphatic carbocycles. The smallest absolute Gasteiger partial charge is 0.209 e. The highest BCUT2D eigenvalue weighted by Crippen LogP contribution is 2.17. The Morgan fingerprint density at radius 3 is 2.40 bits per heavy atom. The van der Waals surface area contributed by atoms with E-state index >= 15 is 0 Å². The van der Waals surface area contributed by atoms with E-state index in [1.165, 1.54) is 0 Å². The summed E-state index contributed by atoms with van der Waals surface area (Å²) >= 11 is 0. The summed E-state index contributed by atoms with van der Waals surface area (Å²) in [6.45, 7) is 8.75. The largest absolute Gasteiger partial charge is 0.483 e. The van der Waals surface area contributed by atoms with Crippen LogP contribution in [0.2, 0.25) is 0 Å². The third-order valence-electron chi connectivity index (χ3n) is 2.33. The monoisotopic (exact) mass is 212 g/mol. The van der Waals surface area contributed by atoms with Crippen molar-refractivity contribution in [2.75, 3.05) is 13.7 Å². The molecule has 0 radical (unpaired) electrons. The SMILES string of the molecule is CCOC1=NC(C)C(OC)=NC1C(C)C. The molecule has 0 bridgehead atoms. The molecule has 0 saturated heterocycles. The van der Waals surface area contributed by atoms with Gasteiger partial charge in [-0.15, -0.1) is 0 Å². The van der Waals surface area contributed by atoms with E-state index in [9.17, 15) is 0 Å². The van der Waals surface area contributed by atoms with Gasteiger partial charge in [0, 0.05) is 0 Å². The second-order valence-corrected chi connectivity index (χ2v) is 3.94. The highest BCUT2D eigenvalue weighted by Gasteiger charge is 2.28. The Labute approximate surface area is 91.4 Å². The van der Waals surface area contributed by atoms with Crippen LogP contribution in [0.15, 0.2) is 9.98 Å². The van der Waals surface area contributed by atoms with Crippen molar-refractivity contribution in [2.45, 2.75) is 39.8 Å². The molecule has 15 heavy (non-hydrogen) atoms. The Morgan fingerprint density at radius 2 is 1.93 bits per heavy atom. The van der Waals surface area contributed by atoms with Crippen LogP contribution in [-0.4, -0.2) is 37.6 Å². The number of hydrogen-bond acceptors (Lipinski definition) is 4. The molecule has 0 saturated carbocycles. The first-order chi connectivity index (χ1) is 7.10. The zero-order valence-corrected chi connectivity index (χ0v) is 10.2. The van der Waals surface area contributed by atoms with Gasteiger partial charge in [0.1, 0.15) is 12.1 Å². The Kier molecular flexibility index (Phi) is 4.12. The van der Waals surface area contributed by atoms with Crippen LogP contribution >= 0.6 is 0 Å². The van der Waals surface area contributed by atoms with Crippen LogP contribution in [0.25, 0.3) is 0 Å². The normalized spacial score (nSPS) is 26.0. The summed E-state index contributed by atoms with van der Waals surface area (Å²) in [5.74, 6) is 1.80. The highest BCUT2D eigenvalue weighted by molar-refractivity contribution is 5.93. The van der Waals surface area contributed by atoms with Crippen molar-refractivity contribution in [3.8, 4) is 0 Å². The van der Waals surface area contributed by atoms with Crippen LogP contribution in [0, 0.1) is 5.92 Å². The van der Waals surface area contributed by atoms with Crippen molar-refractivity contribution in [1.82, 2.24) is 0 Å². The molecule has 0 N–H and O–H groups in total. The summed E-state index contributed by atoms with van der Waals surface area (Å²) in [4.78, 5) is 8.99. The van der Waals surface area contributed by atoms with E-state index in [4.69, 9.17) is 9.47 Å². The molecular formula is C11H20N2O2. The van der Waals surface area contributed by atoms with E-state index in [-0.39, 0.29) is 12.1 Å². The molecule has 0 aromatic carbocycles. The van der Waals surface area contributed by atoms with Crippen molar-refractivity contribution >= 4 is 11.8 Å². The minimum absolute atomic E-state index is 0.00361. The highest BCUT2D eigenvalue weighted by atomic mass is 16.5. The van der Waals surface area contributed by atoms with Gasteiger partial charge in [-0.05, 0) is 19.8 Å². The summed E-state index contributed by atoms with van der Waals surface area (Å²) < 4.78 is 10.7. The van der Waals surface area contributed by atoms with Gasteiger partial charge in [-0.25, -0.2) is 9.98 Å². The Hall–Kier alpha value is -1.06. The van der Waals surface area contributed by atoms with Crippen molar-refractivity contribution in [3.63, 3.8) is 0 Å². The first-order valence-corrected chi connectivity index (χ1v) is 5.42. The molecule has 0 aromatic rings. The van der Waals surface area contributed by atoms with E-state index in [1.54, 1.807) is 7.11 Å². The van der Waals surface area contributed by atoms with Gasteiger partial charge in [0.25, 0.3) is 0 Å². The fourth-order valence-corrected chi connectivity index (χ4v) is 1.55. The summed E-state index contributed by atoms with van der Waals surface area (Å²) in [5.41, 5.74) is 0. The predicted octanol–water partition coefficient (Wildman–Crippen LogP) is 1.89. The van der Waals surface area contributed by atoms with Gasteiger partial charge >= 0.3 is 0 Å². The summed E-state index contributed by atoms with van der Waals surface area (Å²) in [6.07, 6.45) is 0. The van der Waals surface area contributed by atoms with Crippen molar-refractivity contribution in [3.05, 3.63) is 0 Å². The number of aliphatic imine (C=N–C) groups is 2. The maximum Gasteiger partial charge on any atom is 0.209 e. The first-order valence-electron chi connectivity index (χ1n) is 5.42. The third kappa shape index (κ3) is 2.70. The first kappa shape index (κ1) is 12.0. The molecule has 0 spiro atoms.